The highest BCUT2D eigenvalue weighted by atomic mass is 16.3. The van der Waals surface area contributed by atoms with E-state index in [0.717, 1.165) is 30.1 Å². The Hall–Kier alpha value is -0.300. The van der Waals surface area contributed by atoms with E-state index in [1.165, 1.54) is 19.3 Å². The summed E-state index contributed by atoms with van der Waals surface area (Å²) in [4.78, 5) is 0. The number of rotatable bonds is 1. The Labute approximate surface area is 93.6 Å². The Morgan fingerprint density at radius 1 is 1.20 bits per heavy atom. The van der Waals surface area contributed by atoms with E-state index in [0.29, 0.717) is 0 Å². The van der Waals surface area contributed by atoms with Gasteiger partial charge >= 0.3 is 0 Å². The number of hydrogen-bond donors (Lipinski definition) is 1. The molecule has 1 fully saturated rings. The van der Waals surface area contributed by atoms with Gasteiger partial charge in [0.2, 0.25) is 0 Å². The second-order valence-electron chi connectivity index (χ2n) is 5.82. The van der Waals surface area contributed by atoms with Gasteiger partial charge in [0.25, 0.3) is 0 Å². The van der Waals surface area contributed by atoms with Crippen molar-refractivity contribution in [3.05, 3.63) is 11.6 Å². The van der Waals surface area contributed by atoms with Crippen LogP contribution in [0.25, 0.3) is 0 Å². The lowest BCUT2D eigenvalue weighted by Gasteiger charge is -2.42. The second kappa shape index (κ2) is 4.29. The van der Waals surface area contributed by atoms with E-state index in [4.69, 9.17) is 0 Å². The molecule has 2 aliphatic carbocycles. The molecule has 2 aliphatic rings. The molecular formula is C14H24O. The quantitative estimate of drug-likeness (QED) is 0.655. The first-order chi connectivity index (χ1) is 7.09. The summed E-state index contributed by atoms with van der Waals surface area (Å²) in [5.74, 6) is 3.07. The third kappa shape index (κ3) is 2.13. The molecule has 4 atom stereocenters. The molecule has 0 bridgehead atoms. The average Bonchev–Trinajstić information content (AvgIpc) is 2.17. The Balaban J connectivity index is 2.24. The van der Waals surface area contributed by atoms with Gasteiger partial charge in [-0.2, -0.15) is 0 Å². The summed E-state index contributed by atoms with van der Waals surface area (Å²) in [7, 11) is 0. The van der Waals surface area contributed by atoms with Crippen LogP contribution in [0.4, 0.5) is 0 Å². The number of hydrogen-bond acceptors (Lipinski definition) is 1. The molecule has 0 saturated heterocycles. The van der Waals surface area contributed by atoms with Crippen molar-refractivity contribution in [2.75, 3.05) is 0 Å². The summed E-state index contributed by atoms with van der Waals surface area (Å²) >= 11 is 0. The monoisotopic (exact) mass is 208 g/mol. The molecule has 1 saturated carbocycles. The minimum Gasteiger partial charge on any atom is -0.389 e. The number of fused-ring (bicyclic) bond motifs is 1. The summed E-state index contributed by atoms with van der Waals surface area (Å²) in [5.41, 5.74) is 1.59. The van der Waals surface area contributed by atoms with E-state index in [1.807, 2.05) is 0 Å². The number of allylic oxidation sites excluding steroid dienone is 1. The lowest BCUT2D eigenvalue weighted by atomic mass is 9.64. The van der Waals surface area contributed by atoms with Crippen molar-refractivity contribution in [3.8, 4) is 0 Å². The molecule has 0 radical (unpaired) electrons. The van der Waals surface area contributed by atoms with Crippen molar-refractivity contribution in [3.63, 3.8) is 0 Å². The first kappa shape index (κ1) is 11.2. The topological polar surface area (TPSA) is 20.2 Å². The highest BCUT2D eigenvalue weighted by Gasteiger charge is 2.36. The third-order valence-electron chi connectivity index (χ3n) is 4.44. The summed E-state index contributed by atoms with van der Waals surface area (Å²) in [6, 6.07) is 0. The lowest BCUT2D eigenvalue weighted by Crippen LogP contribution is -2.33. The van der Waals surface area contributed by atoms with Gasteiger partial charge < -0.3 is 5.11 Å². The predicted molar refractivity (Wildman–Crippen MR) is 63.5 cm³/mol. The van der Waals surface area contributed by atoms with Crippen LogP contribution in [0.15, 0.2) is 11.6 Å². The van der Waals surface area contributed by atoms with Gasteiger partial charge in [0.05, 0.1) is 6.10 Å². The first-order valence-electron chi connectivity index (χ1n) is 6.49. The van der Waals surface area contributed by atoms with E-state index in [9.17, 15) is 5.11 Å². The van der Waals surface area contributed by atoms with Gasteiger partial charge in [-0.1, -0.05) is 32.4 Å². The van der Waals surface area contributed by atoms with Crippen LogP contribution in [0, 0.1) is 23.7 Å². The van der Waals surface area contributed by atoms with Crippen LogP contribution in [-0.2, 0) is 0 Å². The first-order valence-corrected chi connectivity index (χ1v) is 6.49. The Kier molecular flexibility index (Phi) is 3.20. The zero-order chi connectivity index (χ0) is 11.0. The van der Waals surface area contributed by atoms with Crippen LogP contribution in [0.5, 0.6) is 0 Å². The molecule has 0 aromatic rings. The van der Waals surface area contributed by atoms with Crippen molar-refractivity contribution < 1.29 is 5.11 Å². The normalized spacial score (nSPS) is 41.3. The molecule has 2 rings (SSSR count). The fourth-order valence-corrected chi connectivity index (χ4v) is 3.49. The Morgan fingerprint density at radius 2 is 1.93 bits per heavy atom. The molecule has 0 aromatic carbocycles. The zero-order valence-corrected chi connectivity index (χ0v) is 10.2. The van der Waals surface area contributed by atoms with Crippen molar-refractivity contribution in [2.24, 2.45) is 23.7 Å². The van der Waals surface area contributed by atoms with Crippen molar-refractivity contribution in [1.29, 1.82) is 0 Å². The molecule has 1 N–H and O–H groups in total. The molecule has 0 amide bonds. The highest BCUT2D eigenvalue weighted by molar-refractivity contribution is 5.20. The van der Waals surface area contributed by atoms with Crippen LogP contribution in [-0.4, -0.2) is 11.2 Å². The van der Waals surface area contributed by atoms with Gasteiger partial charge in [-0.3, -0.25) is 0 Å². The fraction of sp³-hybridized carbons (Fsp3) is 0.857. The van der Waals surface area contributed by atoms with Gasteiger partial charge in [-0.25, -0.2) is 0 Å². The van der Waals surface area contributed by atoms with Crippen LogP contribution in [0.2, 0.25) is 0 Å². The smallest absolute Gasteiger partial charge is 0.0723 e. The molecule has 1 heteroatoms. The molecule has 0 spiro atoms. The highest BCUT2D eigenvalue weighted by Crippen LogP contribution is 2.45. The number of aliphatic hydroxyl groups excluding tert-OH is 1. The van der Waals surface area contributed by atoms with E-state index in [-0.39, 0.29) is 6.10 Å². The van der Waals surface area contributed by atoms with Crippen LogP contribution in [0.3, 0.4) is 0 Å². The molecule has 0 unspecified atom stereocenters. The van der Waals surface area contributed by atoms with E-state index >= 15 is 0 Å². The van der Waals surface area contributed by atoms with Crippen LogP contribution < -0.4 is 0 Å². The van der Waals surface area contributed by atoms with E-state index in [1.54, 1.807) is 5.57 Å². The maximum absolute atomic E-state index is 9.76. The molecule has 15 heavy (non-hydrogen) atoms. The largest absolute Gasteiger partial charge is 0.389 e. The van der Waals surface area contributed by atoms with Gasteiger partial charge in [0, 0.05) is 0 Å². The fourth-order valence-electron chi connectivity index (χ4n) is 3.49. The number of aliphatic hydroxyl groups is 1. The van der Waals surface area contributed by atoms with Crippen molar-refractivity contribution in [2.45, 2.75) is 52.6 Å². The SMILES string of the molecule is CC(C)[C@H]1CC[C@@H](C)[C@@H]2CC[C@@H](O)C=C21. The average molecular weight is 208 g/mol. The summed E-state index contributed by atoms with van der Waals surface area (Å²) in [6.45, 7) is 7.02. The molecule has 1 nitrogen and oxygen atoms in total. The maximum atomic E-state index is 9.76. The summed E-state index contributed by atoms with van der Waals surface area (Å²) in [6.07, 6.45) is 6.90. The van der Waals surface area contributed by atoms with E-state index in [2.05, 4.69) is 26.8 Å². The minimum absolute atomic E-state index is 0.164. The van der Waals surface area contributed by atoms with E-state index < -0.39 is 0 Å². The minimum atomic E-state index is -0.164. The van der Waals surface area contributed by atoms with Gasteiger partial charge in [0.1, 0.15) is 0 Å². The molecular weight excluding hydrogens is 184 g/mol. The lowest BCUT2D eigenvalue weighted by molar-refractivity contribution is 0.149. The molecule has 0 aliphatic heterocycles. The predicted octanol–water partition coefficient (Wildman–Crippen LogP) is 3.39. The van der Waals surface area contributed by atoms with Crippen LogP contribution in [0.1, 0.15) is 46.5 Å². The Morgan fingerprint density at radius 3 is 2.60 bits per heavy atom. The van der Waals surface area contributed by atoms with Gasteiger partial charge in [0.15, 0.2) is 0 Å². The Bertz CT molecular complexity index is 254. The van der Waals surface area contributed by atoms with Crippen molar-refractivity contribution >= 4 is 0 Å². The second-order valence-corrected chi connectivity index (χ2v) is 5.82. The summed E-state index contributed by atoms with van der Waals surface area (Å²) in [5, 5.41) is 9.76. The molecule has 86 valence electrons. The van der Waals surface area contributed by atoms with Gasteiger partial charge in [-0.15, -0.1) is 0 Å². The maximum Gasteiger partial charge on any atom is 0.0723 e. The molecule has 0 heterocycles. The van der Waals surface area contributed by atoms with Gasteiger partial charge in [-0.05, 0) is 49.4 Å². The zero-order valence-electron chi connectivity index (χ0n) is 10.2. The summed E-state index contributed by atoms with van der Waals surface area (Å²) < 4.78 is 0. The van der Waals surface area contributed by atoms with Crippen molar-refractivity contribution in [1.82, 2.24) is 0 Å². The standard InChI is InChI=1S/C14H24O/c1-9(2)12-6-4-10(3)13-7-5-11(15)8-14(12)13/h8-13,15H,4-7H2,1-3H3/t10-,11-,12-,13+/m1/s1. The third-order valence-corrected chi connectivity index (χ3v) is 4.44. The van der Waals surface area contributed by atoms with Crippen LogP contribution >= 0.6 is 0 Å². The molecule has 0 aromatic heterocycles.